The molecule has 8 heteroatoms. The summed E-state index contributed by atoms with van der Waals surface area (Å²) in [7, 11) is 0. The van der Waals surface area contributed by atoms with Gasteiger partial charge in [-0.05, 0) is 26.7 Å². The largest absolute Gasteiger partial charge is 0.444 e. The van der Waals surface area contributed by atoms with Gasteiger partial charge in [0.25, 0.3) is 0 Å². The van der Waals surface area contributed by atoms with Gasteiger partial charge in [0.2, 0.25) is 0 Å². The Labute approximate surface area is 135 Å². The van der Waals surface area contributed by atoms with Crippen LogP contribution in [0.2, 0.25) is 0 Å². The van der Waals surface area contributed by atoms with Gasteiger partial charge in [-0.15, -0.1) is 0 Å². The van der Waals surface area contributed by atoms with Crippen molar-refractivity contribution < 1.29 is 9.53 Å². The average Bonchev–Trinajstić information content (AvgIpc) is 2.90. The Morgan fingerprint density at radius 2 is 2.04 bits per heavy atom. The highest BCUT2D eigenvalue weighted by Crippen LogP contribution is 2.15. The van der Waals surface area contributed by atoms with Crippen LogP contribution in [0.1, 0.15) is 34.6 Å². The Morgan fingerprint density at radius 3 is 2.70 bits per heavy atom. The third kappa shape index (κ3) is 4.80. The van der Waals surface area contributed by atoms with Crippen LogP contribution in [0.15, 0.2) is 12.7 Å². The van der Waals surface area contributed by atoms with Crippen LogP contribution < -0.4 is 10.6 Å². The number of H-pyrrole nitrogens is 1. The molecule has 2 rings (SSSR count). The maximum Gasteiger partial charge on any atom is 0.407 e. The first-order valence-electron chi connectivity index (χ1n) is 7.63. The molecule has 8 nitrogen and oxygen atoms in total. The van der Waals surface area contributed by atoms with Crippen LogP contribution in [0.4, 0.5) is 10.6 Å². The topological polar surface area (TPSA) is 105 Å². The lowest BCUT2D eigenvalue weighted by Gasteiger charge is -2.26. The summed E-state index contributed by atoms with van der Waals surface area (Å²) in [6, 6.07) is -0.0993. The molecule has 2 aromatic rings. The molecule has 0 saturated carbocycles. The SMILES string of the molecule is CC(C)C(CNc1ncnc2nc[nH]c12)NC(=O)OC(C)(C)C. The van der Waals surface area contributed by atoms with Crippen LogP contribution in [0, 0.1) is 5.92 Å². The standard InChI is InChI=1S/C15H24N6O2/c1-9(2)10(21-14(22)23-15(3,4)5)6-16-12-11-13(18-7-17-11)20-8-19-12/h7-10H,6H2,1-5H3,(H,21,22)(H2,16,17,18,19,20). The number of nitrogens with one attached hydrogen (secondary N) is 3. The van der Waals surface area contributed by atoms with E-state index in [1.165, 1.54) is 6.33 Å². The Balaban J connectivity index is 2.00. The van der Waals surface area contributed by atoms with Gasteiger partial charge in [-0.25, -0.2) is 19.7 Å². The number of carbonyl (C=O) groups excluding carboxylic acids is 1. The highest BCUT2D eigenvalue weighted by molar-refractivity contribution is 5.81. The lowest BCUT2D eigenvalue weighted by Crippen LogP contribution is -2.45. The number of hydrogen-bond donors (Lipinski definition) is 3. The molecular formula is C15H24N6O2. The zero-order chi connectivity index (χ0) is 17.0. The number of alkyl carbamates (subject to hydrolysis) is 1. The molecule has 0 bridgehead atoms. The van der Waals surface area contributed by atoms with Crippen molar-refractivity contribution in [2.24, 2.45) is 5.92 Å². The van der Waals surface area contributed by atoms with Crippen LogP contribution in [-0.4, -0.2) is 44.2 Å². The highest BCUT2D eigenvalue weighted by Gasteiger charge is 2.21. The van der Waals surface area contributed by atoms with Crippen molar-refractivity contribution in [1.29, 1.82) is 0 Å². The number of anilines is 1. The molecule has 0 aliphatic rings. The zero-order valence-corrected chi connectivity index (χ0v) is 14.2. The van der Waals surface area contributed by atoms with Crippen molar-refractivity contribution in [2.45, 2.75) is 46.3 Å². The number of amides is 1. The lowest BCUT2D eigenvalue weighted by atomic mass is 10.0. The summed E-state index contributed by atoms with van der Waals surface area (Å²) < 4.78 is 5.31. The summed E-state index contributed by atoms with van der Waals surface area (Å²) in [5.41, 5.74) is 0.823. The minimum Gasteiger partial charge on any atom is -0.444 e. The molecule has 0 aliphatic heterocycles. The van der Waals surface area contributed by atoms with Crippen molar-refractivity contribution in [3.8, 4) is 0 Å². The van der Waals surface area contributed by atoms with Crippen molar-refractivity contribution in [3.63, 3.8) is 0 Å². The molecule has 3 N–H and O–H groups in total. The molecule has 0 radical (unpaired) electrons. The number of rotatable bonds is 5. The minimum atomic E-state index is -0.520. The van der Waals surface area contributed by atoms with Gasteiger partial charge in [0.1, 0.15) is 17.4 Å². The molecule has 0 saturated heterocycles. The fourth-order valence-corrected chi connectivity index (χ4v) is 2.02. The molecule has 0 fully saturated rings. The van der Waals surface area contributed by atoms with Crippen LogP contribution in [-0.2, 0) is 4.74 Å². The van der Waals surface area contributed by atoms with E-state index < -0.39 is 11.7 Å². The van der Waals surface area contributed by atoms with E-state index in [4.69, 9.17) is 4.74 Å². The second kappa shape index (κ2) is 6.80. The van der Waals surface area contributed by atoms with Gasteiger partial charge < -0.3 is 20.4 Å². The molecule has 0 aromatic carbocycles. The van der Waals surface area contributed by atoms with Gasteiger partial charge in [-0.1, -0.05) is 13.8 Å². The number of nitrogens with zero attached hydrogens (tertiary/aromatic N) is 3. The summed E-state index contributed by atoms with van der Waals surface area (Å²) in [4.78, 5) is 27.3. The van der Waals surface area contributed by atoms with Crippen LogP contribution in [0.3, 0.4) is 0 Å². The zero-order valence-electron chi connectivity index (χ0n) is 14.2. The first kappa shape index (κ1) is 17.0. The van der Waals surface area contributed by atoms with E-state index in [1.807, 2.05) is 34.6 Å². The van der Waals surface area contributed by atoms with Gasteiger partial charge >= 0.3 is 6.09 Å². The molecule has 1 amide bonds. The smallest absolute Gasteiger partial charge is 0.407 e. The summed E-state index contributed by atoms with van der Waals surface area (Å²) >= 11 is 0. The first-order valence-corrected chi connectivity index (χ1v) is 7.63. The number of fused-ring (bicyclic) bond motifs is 1. The molecule has 1 atom stereocenters. The van der Waals surface area contributed by atoms with Crippen molar-refractivity contribution in [2.75, 3.05) is 11.9 Å². The normalized spacial score (nSPS) is 13.1. The minimum absolute atomic E-state index is 0.0993. The van der Waals surface area contributed by atoms with Crippen molar-refractivity contribution in [1.82, 2.24) is 25.3 Å². The lowest BCUT2D eigenvalue weighted by molar-refractivity contribution is 0.0494. The molecule has 2 aromatic heterocycles. The molecule has 2 heterocycles. The fourth-order valence-electron chi connectivity index (χ4n) is 2.02. The van der Waals surface area contributed by atoms with E-state index in [2.05, 4.69) is 30.6 Å². The van der Waals surface area contributed by atoms with Gasteiger partial charge in [-0.3, -0.25) is 0 Å². The van der Waals surface area contributed by atoms with E-state index in [9.17, 15) is 4.79 Å². The van der Waals surface area contributed by atoms with Crippen LogP contribution in [0.5, 0.6) is 0 Å². The molecule has 126 valence electrons. The third-order valence-electron chi connectivity index (χ3n) is 3.22. The predicted octanol–water partition coefficient (Wildman–Crippen LogP) is 2.31. The maximum absolute atomic E-state index is 12.0. The van der Waals surface area contributed by atoms with E-state index in [1.54, 1.807) is 6.33 Å². The van der Waals surface area contributed by atoms with E-state index in [-0.39, 0.29) is 12.0 Å². The van der Waals surface area contributed by atoms with E-state index in [0.29, 0.717) is 18.0 Å². The summed E-state index contributed by atoms with van der Waals surface area (Å²) in [6.45, 7) is 10.1. The van der Waals surface area contributed by atoms with Gasteiger partial charge in [0, 0.05) is 6.54 Å². The van der Waals surface area contributed by atoms with Crippen LogP contribution in [0.25, 0.3) is 11.2 Å². The molecule has 0 aliphatic carbocycles. The second-order valence-corrected chi connectivity index (χ2v) is 6.70. The Morgan fingerprint density at radius 1 is 1.30 bits per heavy atom. The Kier molecular flexibility index (Phi) is 5.02. The number of aromatic nitrogens is 4. The number of ether oxygens (including phenoxy) is 1. The van der Waals surface area contributed by atoms with Crippen molar-refractivity contribution >= 4 is 23.1 Å². The third-order valence-corrected chi connectivity index (χ3v) is 3.22. The Hall–Kier alpha value is -2.38. The number of aromatic amines is 1. The number of carbonyl (C=O) groups is 1. The Bertz CT molecular complexity index is 661. The first-order chi connectivity index (χ1) is 10.8. The molecule has 1 unspecified atom stereocenters. The molecule has 0 spiro atoms. The van der Waals surface area contributed by atoms with Gasteiger partial charge in [-0.2, -0.15) is 0 Å². The van der Waals surface area contributed by atoms with Gasteiger partial charge in [0.05, 0.1) is 12.4 Å². The van der Waals surface area contributed by atoms with Crippen molar-refractivity contribution in [3.05, 3.63) is 12.7 Å². The van der Waals surface area contributed by atoms with Gasteiger partial charge in [0.15, 0.2) is 11.5 Å². The highest BCUT2D eigenvalue weighted by atomic mass is 16.6. The van der Waals surface area contributed by atoms with E-state index in [0.717, 1.165) is 5.52 Å². The average molecular weight is 320 g/mol. The quantitative estimate of drug-likeness (QED) is 0.781. The molecular weight excluding hydrogens is 296 g/mol. The summed E-state index contributed by atoms with van der Waals surface area (Å²) in [6.07, 6.45) is 2.60. The predicted molar refractivity (Wildman–Crippen MR) is 88.2 cm³/mol. The van der Waals surface area contributed by atoms with E-state index >= 15 is 0 Å². The number of imidazole rings is 1. The monoisotopic (exact) mass is 320 g/mol. The number of hydrogen-bond acceptors (Lipinski definition) is 6. The molecule has 23 heavy (non-hydrogen) atoms. The summed E-state index contributed by atoms with van der Waals surface area (Å²) in [5, 5.41) is 6.12. The van der Waals surface area contributed by atoms with Crippen LogP contribution >= 0.6 is 0 Å². The maximum atomic E-state index is 12.0. The second-order valence-electron chi connectivity index (χ2n) is 6.70. The summed E-state index contributed by atoms with van der Waals surface area (Å²) in [5.74, 6) is 0.887. The fraction of sp³-hybridized carbons (Fsp3) is 0.600.